The Morgan fingerprint density at radius 2 is 1.79 bits per heavy atom. The molecule has 0 aromatic heterocycles. The number of piperidine rings is 2. The molecule has 2 aromatic rings. The first-order valence-corrected chi connectivity index (χ1v) is 12.1. The van der Waals surface area contributed by atoms with Crippen LogP contribution in [0.15, 0.2) is 48.5 Å². The Bertz CT molecular complexity index is 1000. The zero-order valence-corrected chi connectivity index (χ0v) is 19.6. The molecular weight excluding hydrogens is 438 g/mol. The van der Waals surface area contributed by atoms with Crippen molar-refractivity contribution in [2.24, 2.45) is 11.8 Å². The van der Waals surface area contributed by atoms with E-state index < -0.39 is 11.6 Å². The molecule has 3 atom stereocenters. The van der Waals surface area contributed by atoms with Crippen LogP contribution in [0.3, 0.4) is 0 Å². The molecule has 2 aliphatic rings. The van der Waals surface area contributed by atoms with Crippen LogP contribution in [-0.4, -0.2) is 47.9 Å². The van der Waals surface area contributed by atoms with Crippen LogP contribution in [-0.2, 0) is 20.9 Å². The molecule has 182 valence electrons. The summed E-state index contributed by atoms with van der Waals surface area (Å²) in [6, 6.07) is 13.7. The largest absolute Gasteiger partial charge is 0.466 e. The number of hydrogen-bond donors (Lipinski definition) is 0. The van der Waals surface area contributed by atoms with Gasteiger partial charge in [0.05, 0.1) is 18.4 Å². The van der Waals surface area contributed by atoms with Crippen molar-refractivity contribution in [2.45, 2.75) is 45.2 Å². The van der Waals surface area contributed by atoms with E-state index in [2.05, 4.69) is 17.0 Å². The third kappa shape index (κ3) is 5.63. The Labute approximate surface area is 199 Å². The number of nitrogens with zero attached hydrogens (tertiary/aromatic N) is 2. The van der Waals surface area contributed by atoms with Gasteiger partial charge in [-0.25, -0.2) is 8.78 Å². The average molecular weight is 471 g/mol. The van der Waals surface area contributed by atoms with Crippen LogP contribution < -0.4 is 0 Å². The van der Waals surface area contributed by atoms with E-state index in [4.69, 9.17) is 4.74 Å². The molecule has 1 amide bonds. The Morgan fingerprint density at radius 1 is 1.00 bits per heavy atom. The van der Waals surface area contributed by atoms with Gasteiger partial charge in [-0.3, -0.25) is 14.5 Å². The standard InChI is InChI=1S/C27H32F2N2O3/c1-2-34-27(33)22-9-6-14-30(18-22)26(32)21-11-13-25(19-7-4-3-5-8-19)31(17-21)16-20-10-12-23(28)15-24(20)29/h3-5,7-8,10,12,15,21-22,25H,2,6,9,11,13-14,16-18H2,1H3/t21-,22-,25-/m1/s1. The molecule has 2 heterocycles. The minimum atomic E-state index is -0.603. The molecule has 2 aliphatic heterocycles. The smallest absolute Gasteiger partial charge is 0.310 e. The number of carbonyl (C=O) groups is 2. The number of halogens is 2. The molecule has 0 unspecified atom stereocenters. The van der Waals surface area contributed by atoms with E-state index in [1.54, 1.807) is 11.8 Å². The molecule has 2 saturated heterocycles. The average Bonchev–Trinajstić information content (AvgIpc) is 2.86. The first-order valence-electron chi connectivity index (χ1n) is 12.1. The predicted molar refractivity (Wildman–Crippen MR) is 125 cm³/mol. The minimum absolute atomic E-state index is 0.0448. The van der Waals surface area contributed by atoms with Crippen molar-refractivity contribution >= 4 is 11.9 Å². The zero-order valence-electron chi connectivity index (χ0n) is 19.6. The maximum absolute atomic E-state index is 14.5. The third-order valence-corrected chi connectivity index (χ3v) is 6.96. The number of benzene rings is 2. The van der Waals surface area contributed by atoms with Crippen LogP contribution in [0.2, 0.25) is 0 Å². The lowest BCUT2D eigenvalue weighted by Crippen LogP contribution is -2.49. The summed E-state index contributed by atoms with van der Waals surface area (Å²) < 4.78 is 33.1. The fraction of sp³-hybridized carbons (Fsp3) is 0.481. The normalized spacial score (nSPS) is 23.5. The highest BCUT2D eigenvalue weighted by atomic mass is 19.1. The minimum Gasteiger partial charge on any atom is -0.466 e. The van der Waals surface area contributed by atoms with Crippen LogP contribution in [0.4, 0.5) is 8.78 Å². The molecule has 4 rings (SSSR count). The van der Waals surface area contributed by atoms with Crippen molar-refractivity contribution in [3.8, 4) is 0 Å². The summed E-state index contributed by atoms with van der Waals surface area (Å²) in [7, 11) is 0. The number of rotatable bonds is 6. The summed E-state index contributed by atoms with van der Waals surface area (Å²) in [6.07, 6.45) is 3.00. The molecule has 5 nitrogen and oxygen atoms in total. The van der Waals surface area contributed by atoms with E-state index in [1.165, 1.54) is 12.1 Å². The van der Waals surface area contributed by atoms with Gasteiger partial charge in [-0.15, -0.1) is 0 Å². The number of amides is 1. The maximum Gasteiger partial charge on any atom is 0.310 e. The van der Waals surface area contributed by atoms with Crippen molar-refractivity contribution in [2.75, 3.05) is 26.2 Å². The monoisotopic (exact) mass is 470 g/mol. The summed E-state index contributed by atoms with van der Waals surface area (Å²) in [5.41, 5.74) is 1.53. The van der Waals surface area contributed by atoms with Gasteiger partial charge in [-0.1, -0.05) is 36.4 Å². The van der Waals surface area contributed by atoms with Crippen molar-refractivity contribution in [3.63, 3.8) is 0 Å². The molecule has 0 radical (unpaired) electrons. The number of hydrogen-bond acceptors (Lipinski definition) is 4. The summed E-state index contributed by atoms with van der Waals surface area (Å²) in [6.45, 7) is 3.93. The molecule has 2 aromatic carbocycles. The lowest BCUT2D eigenvalue weighted by molar-refractivity contribution is -0.152. The summed E-state index contributed by atoms with van der Waals surface area (Å²) >= 11 is 0. The number of likely N-dealkylation sites (tertiary alicyclic amines) is 2. The van der Waals surface area contributed by atoms with Gasteiger partial charge in [0, 0.05) is 43.9 Å². The van der Waals surface area contributed by atoms with Gasteiger partial charge in [0.25, 0.3) is 0 Å². The quantitative estimate of drug-likeness (QED) is 0.574. The zero-order chi connectivity index (χ0) is 24.1. The van der Waals surface area contributed by atoms with Gasteiger partial charge < -0.3 is 9.64 Å². The molecule has 0 N–H and O–H groups in total. The fourth-order valence-electron chi connectivity index (χ4n) is 5.23. The van der Waals surface area contributed by atoms with Crippen molar-refractivity contribution in [1.82, 2.24) is 9.80 Å². The highest BCUT2D eigenvalue weighted by Gasteiger charge is 2.37. The lowest BCUT2D eigenvalue weighted by Gasteiger charge is -2.42. The Kier molecular flexibility index (Phi) is 7.93. The van der Waals surface area contributed by atoms with E-state index in [0.717, 1.165) is 37.3 Å². The number of esters is 1. The van der Waals surface area contributed by atoms with Gasteiger partial charge in [-0.2, -0.15) is 0 Å². The van der Waals surface area contributed by atoms with Crippen molar-refractivity contribution in [3.05, 3.63) is 71.3 Å². The third-order valence-electron chi connectivity index (χ3n) is 6.96. The highest BCUT2D eigenvalue weighted by Crippen LogP contribution is 2.36. The molecule has 2 fully saturated rings. The van der Waals surface area contributed by atoms with E-state index in [1.807, 2.05) is 18.2 Å². The van der Waals surface area contributed by atoms with E-state index in [9.17, 15) is 18.4 Å². The topological polar surface area (TPSA) is 49.9 Å². The second kappa shape index (κ2) is 11.1. The van der Waals surface area contributed by atoms with Crippen LogP contribution >= 0.6 is 0 Å². The van der Waals surface area contributed by atoms with E-state index >= 15 is 0 Å². The van der Waals surface area contributed by atoms with Gasteiger partial charge in [0.2, 0.25) is 5.91 Å². The molecule has 7 heteroatoms. The van der Waals surface area contributed by atoms with Crippen LogP contribution in [0, 0.1) is 23.5 Å². The number of carbonyl (C=O) groups excluding carboxylic acids is 2. The van der Waals surface area contributed by atoms with Crippen LogP contribution in [0.5, 0.6) is 0 Å². The highest BCUT2D eigenvalue weighted by molar-refractivity contribution is 5.81. The summed E-state index contributed by atoms with van der Waals surface area (Å²) in [5, 5.41) is 0. The summed E-state index contributed by atoms with van der Waals surface area (Å²) in [5.74, 6) is -1.87. The van der Waals surface area contributed by atoms with Crippen LogP contribution in [0.1, 0.15) is 49.8 Å². The Morgan fingerprint density at radius 3 is 2.53 bits per heavy atom. The Hall–Kier alpha value is -2.80. The second-order valence-electron chi connectivity index (χ2n) is 9.24. The van der Waals surface area contributed by atoms with Crippen LogP contribution in [0.25, 0.3) is 0 Å². The first kappa shape index (κ1) is 24.3. The van der Waals surface area contributed by atoms with Gasteiger partial charge in [-0.05, 0) is 44.2 Å². The SMILES string of the molecule is CCOC(=O)[C@@H]1CCCN(C(=O)[C@@H]2CC[C@H](c3ccccc3)N(Cc3ccc(F)cc3F)C2)C1. The van der Waals surface area contributed by atoms with Gasteiger partial charge in [0.1, 0.15) is 11.6 Å². The van der Waals surface area contributed by atoms with Gasteiger partial charge in [0.15, 0.2) is 0 Å². The Balaban J connectivity index is 1.50. The molecule has 0 aliphatic carbocycles. The molecule has 34 heavy (non-hydrogen) atoms. The van der Waals surface area contributed by atoms with Gasteiger partial charge >= 0.3 is 5.97 Å². The maximum atomic E-state index is 14.5. The van der Waals surface area contributed by atoms with Crippen molar-refractivity contribution in [1.29, 1.82) is 0 Å². The van der Waals surface area contributed by atoms with E-state index in [0.29, 0.717) is 38.3 Å². The molecule has 0 spiro atoms. The fourth-order valence-corrected chi connectivity index (χ4v) is 5.23. The second-order valence-corrected chi connectivity index (χ2v) is 9.24. The number of ether oxygens (including phenoxy) is 1. The van der Waals surface area contributed by atoms with Crippen molar-refractivity contribution < 1.29 is 23.1 Å². The van der Waals surface area contributed by atoms with E-state index in [-0.39, 0.29) is 29.8 Å². The first-order chi connectivity index (χ1) is 16.5. The molecule has 0 bridgehead atoms. The lowest BCUT2D eigenvalue weighted by atomic mass is 9.87. The molecular formula is C27H32F2N2O3. The molecule has 0 saturated carbocycles. The summed E-state index contributed by atoms with van der Waals surface area (Å²) in [4.78, 5) is 29.6. The predicted octanol–water partition coefficient (Wildman–Crippen LogP) is 4.72.